The standard InChI is InChI=1S/C46H54O9/c1-51-20-8-15-42-43(45(50)38-25-35(17-19-41(38)55-42)53-33-11-3-2-4-12-33)40-27-52-46-30(24-36(26-39(46)44(40)49)54-34-13-5-6-14-34)21-29-23-32(48)16-18-37(29)28-9-7-10-31(47)22-28/h7,9-10,16-19,22-26,33-34,40,42-45,47-50H,2-6,8,11-15,20-21,27H2,1H3. The predicted octanol–water partition coefficient (Wildman–Crippen LogP) is 8.97. The van der Waals surface area contributed by atoms with Crippen molar-refractivity contribution in [2.24, 2.45) is 11.8 Å². The maximum absolute atomic E-state index is 12.5. The minimum absolute atomic E-state index is 0.0900. The van der Waals surface area contributed by atoms with Gasteiger partial charge in [-0.3, -0.25) is 0 Å². The summed E-state index contributed by atoms with van der Waals surface area (Å²) in [4.78, 5) is 0. The molecule has 5 unspecified atom stereocenters. The Balaban J connectivity index is 1.14. The Bertz CT molecular complexity index is 1930. The summed E-state index contributed by atoms with van der Waals surface area (Å²) in [5.74, 6) is 1.92. The van der Waals surface area contributed by atoms with E-state index in [1.807, 2.05) is 42.5 Å². The number of phenolic OH excluding ortho intramolecular Hbond substituents is 2. The molecule has 0 saturated heterocycles. The first-order valence-corrected chi connectivity index (χ1v) is 20.2. The van der Waals surface area contributed by atoms with E-state index in [-0.39, 0.29) is 36.4 Å². The number of aliphatic hydroxyl groups is 2. The first-order valence-electron chi connectivity index (χ1n) is 20.2. The third kappa shape index (κ3) is 8.25. The van der Waals surface area contributed by atoms with Crippen LogP contribution in [0.1, 0.15) is 105 Å². The number of benzene rings is 4. The molecule has 9 heteroatoms. The van der Waals surface area contributed by atoms with E-state index in [4.69, 9.17) is 23.7 Å². The van der Waals surface area contributed by atoms with Crippen molar-refractivity contribution < 1.29 is 44.1 Å². The average Bonchev–Trinajstić information content (AvgIpc) is 3.70. The maximum Gasteiger partial charge on any atom is 0.128 e. The van der Waals surface area contributed by atoms with Crippen LogP contribution in [0.5, 0.6) is 34.5 Å². The predicted molar refractivity (Wildman–Crippen MR) is 209 cm³/mol. The summed E-state index contributed by atoms with van der Waals surface area (Å²) in [6.07, 6.45) is 9.52. The van der Waals surface area contributed by atoms with Gasteiger partial charge in [0.25, 0.3) is 0 Å². The fourth-order valence-electron chi connectivity index (χ4n) is 9.34. The van der Waals surface area contributed by atoms with E-state index < -0.39 is 24.0 Å². The minimum atomic E-state index is -0.985. The van der Waals surface area contributed by atoms with Gasteiger partial charge >= 0.3 is 0 Å². The van der Waals surface area contributed by atoms with Crippen molar-refractivity contribution in [1.82, 2.24) is 0 Å². The molecule has 2 aliphatic heterocycles. The normalized spacial score (nSPS) is 24.0. The fraction of sp³-hybridized carbons (Fsp3) is 0.478. The molecule has 5 atom stereocenters. The van der Waals surface area contributed by atoms with Crippen molar-refractivity contribution in [3.8, 4) is 45.6 Å². The molecule has 2 aliphatic carbocycles. The van der Waals surface area contributed by atoms with Crippen molar-refractivity contribution in [2.45, 2.75) is 108 Å². The molecule has 0 spiro atoms. The number of phenols is 2. The van der Waals surface area contributed by atoms with Gasteiger partial charge in [0.05, 0.1) is 31.0 Å². The van der Waals surface area contributed by atoms with Crippen LogP contribution in [0.15, 0.2) is 72.8 Å². The zero-order valence-electron chi connectivity index (χ0n) is 31.7. The molecule has 0 bridgehead atoms. The summed E-state index contributed by atoms with van der Waals surface area (Å²) in [6, 6.07) is 22.0. The van der Waals surface area contributed by atoms with Crippen LogP contribution in [-0.2, 0) is 11.2 Å². The molecule has 55 heavy (non-hydrogen) atoms. The summed E-state index contributed by atoms with van der Waals surface area (Å²) >= 11 is 0. The Morgan fingerprint density at radius 2 is 1.44 bits per heavy atom. The number of rotatable bonds is 12. The van der Waals surface area contributed by atoms with E-state index in [1.165, 1.54) is 6.42 Å². The van der Waals surface area contributed by atoms with Crippen LogP contribution in [0.3, 0.4) is 0 Å². The van der Waals surface area contributed by atoms with Crippen LogP contribution < -0.4 is 18.9 Å². The Morgan fingerprint density at radius 1 is 0.709 bits per heavy atom. The highest BCUT2D eigenvalue weighted by molar-refractivity contribution is 5.70. The highest BCUT2D eigenvalue weighted by atomic mass is 16.5. The molecule has 4 aromatic rings. The van der Waals surface area contributed by atoms with E-state index in [2.05, 4.69) is 0 Å². The van der Waals surface area contributed by atoms with E-state index >= 15 is 0 Å². The molecule has 0 aromatic heterocycles. The molecule has 2 fully saturated rings. The lowest BCUT2D eigenvalue weighted by Crippen LogP contribution is -2.46. The highest BCUT2D eigenvalue weighted by Crippen LogP contribution is 2.51. The number of hydrogen-bond donors (Lipinski definition) is 4. The molecule has 4 N–H and O–H groups in total. The van der Waals surface area contributed by atoms with Gasteiger partial charge in [0.1, 0.15) is 40.6 Å². The summed E-state index contributed by atoms with van der Waals surface area (Å²) in [5.41, 5.74) is 4.63. The lowest BCUT2D eigenvalue weighted by atomic mass is 9.72. The first kappa shape index (κ1) is 37.5. The topological polar surface area (TPSA) is 127 Å². The van der Waals surface area contributed by atoms with E-state index in [0.717, 1.165) is 85.8 Å². The van der Waals surface area contributed by atoms with Gasteiger partial charge in [0, 0.05) is 48.7 Å². The van der Waals surface area contributed by atoms with Gasteiger partial charge < -0.3 is 44.1 Å². The van der Waals surface area contributed by atoms with Crippen LogP contribution in [-0.4, -0.2) is 59.1 Å². The van der Waals surface area contributed by atoms with E-state index in [1.54, 1.807) is 37.4 Å². The van der Waals surface area contributed by atoms with Crippen LogP contribution >= 0.6 is 0 Å². The van der Waals surface area contributed by atoms with Crippen molar-refractivity contribution in [3.05, 3.63) is 95.1 Å². The van der Waals surface area contributed by atoms with Gasteiger partial charge in [-0.05, 0) is 135 Å². The molecular weight excluding hydrogens is 696 g/mol. The van der Waals surface area contributed by atoms with Crippen LogP contribution in [0.25, 0.3) is 11.1 Å². The van der Waals surface area contributed by atoms with Crippen LogP contribution in [0, 0.1) is 11.8 Å². The highest BCUT2D eigenvalue weighted by Gasteiger charge is 2.47. The number of fused-ring (bicyclic) bond motifs is 2. The minimum Gasteiger partial charge on any atom is -0.508 e. The third-order valence-electron chi connectivity index (χ3n) is 12.1. The van der Waals surface area contributed by atoms with Gasteiger partial charge in [-0.1, -0.05) is 24.6 Å². The van der Waals surface area contributed by atoms with Gasteiger partial charge in [0.15, 0.2) is 0 Å². The lowest BCUT2D eigenvalue weighted by Gasteiger charge is -2.45. The average molecular weight is 751 g/mol. The fourth-order valence-corrected chi connectivity index (χ4v) is 9.34. The van der Waals surface area contributed by atoms with Crippen molar-refractivity contribution in [1.29, 1.82) is 0 Å². The summed E-state index contributed by atoms with van der Waals surface area (Å²) < 4.78 is 31.7. The van der Waals surface area contributed by atoms with Gasteiger partial charge in [0.2, 0.25) is 0 Å². The maximum atomic E-state index is 12.5. The number of ether oxygens (including phenoxy) is 5. The molecule has 0 radical (unpaired) electrons. The van der Waals surface area contributed by atoms with Gasteiger partial charge in [-0.25, -0.2) is 0 Å². The first-order chi connectivity index (χ1) is 26.8. The van der Waals surface area contributed by atoms with Crippen molar-refractivity contribution >= 4 is 0 Å². The molecule has 0 amide bonds. The number of hydrogen-bond acceptors (Lipinski definition) is 9. The van der Waals surface area contributed by atoms with E-state index in [9.17, 15) is 20.4 Å². The largest absolute Gasteiger partial charge is 0.508 e. The summed E-state index contributed by atoms with van der Waals surface area (Å²) in [7, 11) is 1.68. The summed E-state index contributed by atoms with van der Waals surface area (Å²) in [5, 5.41) is 45.6. The Morgan fingerprint density at radius 3 is 2.20 bits per heavy atom. The molecule has 9 nitrogen and oxygen atoms in total. The number of aliphatic hydroxyl groups excluding tert-OH is 2. The second kappa shape index (κ2) is 16.7. The second-order valence-electron chi connectivity index (χ2n) is 15.9. The zero-order chi connectivity index (χ0) is 37.9. The molecule has 8 rings (SSSR count). The van der Waals surface area contributed by atoms with Gasteiger partial charge in [-0.15, -0.1) is 0 Å². The Hall–Kier alpha value is -4.44. The third-order valence-corrected chi connectivity index (χ3v) is 12.1. The molecular formula is C46H54O9. The lowest BCUT2D eigenvalue weighted by molar-refractivity contribution is -0.0890. The second-order valence-corrected chi connectivity index (χ2v) is 15.9. The Labute approximate surface area is 323 Å². The smallest absolute Gasteiger partial charge is 0.128 e. The van der Waals surface area contributed by atoms with Crippen LogP contribution in [0.2, 0.25) is 0 Å². The number of methoxy groups -OCH3 is 1. The molecule has 4 aromatic carbocycles. The van der Waals surface area contributed by atoms with E-state index in [0.29, 0.717) is 47.8 Å². The number of aromatic hydroxyl groups is 2. The monoisotopic (exact) mass is 750 g/mol. The zero-order valence-corrected chi connectivity index (χ0v) is 31.7. The molecule has 2 saturated carbocycles. The molecule has 2 heterocycles. The summed E-state index contributed by atoms with van der Waals surface area (Å²) in [6.45, 7) is 0.726. The van der Waals surface area contributed by atoms with Gasteiger partial charge in [-0.2, -0.15) is 0 Å². The molecule has 4 aliphatic rings. The van der Waals surface area contributed by atoms with Crippen molar-refractivity contribution in [2.75, 3.05) is 20.3 Å². The van der Waals surface area contributed by atoms with Crippen molar-refractivity contribution in [3.63, 3.8) is 0 Å². The van der Waals surface area contributed by atoms with Crippen LogP contribution in [0.4, 0.5) is 0 Å². The Kier molecular flexibility index (Phi) is 11.4. The quantitative estimate of drug-likeness (QED) is 0.105. The SMILES string of the molecule is COCCCC1Oc2ccc(OC3CCCCC3)cc2C(O)C1C1COc2c(Cc3cc(O)ccc3-c3cccc(O)c3)cc(OC3CCCC3)cc2C1O. The molecule has 292 valence electrons.